The molecule has 5 rings (SSSR count). The van der Waals surface area contributed by atoms with Crippen LogP contribution in [0.15, 0.2) is 24.5 Å². The van der Waals surface area contributed by atoms with Crippen LogP contribution in [-0.4, -0.2) is 42.0 Å². The topological polar surface area (TPSA) is 84.3 Å². The lowest BCUT2D eigenvalue weighted by atomic mass is 10.1. The molecule has 0 bridgehead atoms. The predicted molar refractivity (Wildman–Crippen MR) is 107 cm³/mol. The van der Waals surface area contributed by atoms with Crippen molar-refractivity contribution in [3.63, 3.8) is 0 Å². The van der Waals surface area contributed by atoms with Crippen molar-refractivity contribution >= 4 is 28.1 Å². The van der Waals surface area contributed by atoms with Gasteiger partial charge in [0.25, 0.3) is 6.43 Å². The van der Waals surface area contributed by atoms with Crippen LogP contribution in [0.25, 0.3) is 33.5 Å². The lowest BCUT2D eigenvalue weighted by molar-refractivity contribution is 0.127. The number of imidazole rings is 1. The molecule has 150 valence electrons. The second-order valence-corrected chi connectivity index (χ2v) is 7.63. The second-order valence-electron chi connectivity index (χ2n) is 7.63. The molecule has 4 aromatic heterocycles. The summed E-state index contributed by atoms with van der Waals surface area (Å²) < 4.78 is 27.4. The van der Waals surface area contributed by atoms with Crippen molar-refractivity contribution in [1.29, 1.82) is 0 Å². The van der Waals surface area contributed by atoms with Crippen LogP contribution in [0, 0.1) is 12.8 Å². The molecule has 4 heterocycles. The number of alkyl halides is 2. The van der Waals surface area contributed by atoms with Crippen LogP contribution in [0.3, 0.4) is 0 Å². The van der Waals surface area contributed by atoms with Crippen molar-refractivity contribution in [2.45, 2.75) is 45.7 Å². The first-order chi connectivity index (χ1) is 14.0. The standard InChI is InChI=1S/C20H21F2N7/c1-10(12-3-4-12)25-20-24-8-14-13(7-23-18(14)28-20)15-5-6-16-19(27-15)29(9-17(21)22)11(2)26-16/h5-8,10,12,17H,3-4,9H2,1-2H3,(H2,23,24,25,28)/t10-/m1/s1. The van der Waals surface area contributed by atoms with Crippen molar-refractivity contribution in [1.82, 2.24) is 29.5 Å². The molecule has 9 heteroatoms. The average molecular weight is 397 g/mol. The van der Waals surface area contributed by atoms with E-state index in [1.165, 1.54) is 17.4 Å². The number of H-pyrrole nitrogens is 1. The van der Waals surface area contributed by atoms with Gasteiger partial charge in [-0.05, 0) is 44.7 Å². The van der Waals surface area contributed by atoms with E-state index in [1.807, 2.05) is 12.3 Å². The van der Waals surface area contributed by atoms with Gasteiger partial charge in [-0.1, -0.05) is 0 Å². The maximum Gasteiger partial charge on any atom is 0.256 e. The maximum absolute atomic E-state index is 13.0. The van der Waals surface area contributed by atoms with Crippen molar-refractivity contribution in [2.75, 3.05) is 5.32 Å². The van der Waals surface area contributed by atoms with E-state index in [1.54, 1.807) is 19.2 Å². The highest BCUT2D eigenvalue weighted by atomic mass is 19.3. The number of aryl methyl sites for hydroxylation is 1. The maximum atomic E-state index is 13.0. The van der Waals surface area contributed by atoms with Crippen LogP contribution in [0.5, 0.6) is 0 Å². The van der Waals surface area contributed by atoms with E-state index in [9.17, 15) is 8.78 Å². The van der Waals surface area contributed by atoms with E-state index >= 15 is 0 Å². The van der Waals surface area contributed by atoms with E-state index in [-0.39, 0.29) is 0 Å². The largest absolute Gasteiger partial charge is 0.351 e. The summed E-state index contributed by atoms with van der Waals surface area (Å²) in [6.45, 7) is 3.43. The zero-order valence-electron chi connectivity index (χ0n) is 16.2. The molecule has 0 amide bonds. The van der Waals surface area contributed by atoms with Gasteiger partial charge in [-0.2, -0.15) is 4.98 Å². The number of halogens is 2. The van der Waals surface area contributed by atoms with Gasteiger partial charge in [-0.15, -0.1) is 0 Å². The third-order valence-electron chi connectivity index (χ3n) is 5.50. The fourth-order valence-corrected chi connectivity index (χ4v) is 3.73. The molecule has 0 radical (unpaired) electrons. The Balaban J connectivity index is 1.52. The van der Waals surface area contributed by atoms with Gasteiger partial charge in [-0.25, -0.2) is 23.7 Å². The zero-order chi connectivity index (χ0) is 20.1. The summed E-state index contributed by atoms with van der Waals surface area (Å²) in [6, 6.07) is 4.00. The number of fused-ring (bicyclic) bond motifs is 2. The van der Waals surface area contributed by atoms with Gasteiger partial charge in [0.05, 0.1) is 12.2 Å². The molecule has 0 aromatic carbocycles. The Kier molecular flexibility index (Phi) is 4.18. The van der Waals surface area contributed by atoms with Gasteiger partial charge in [0, 0.05) is 29.4 Å². The first kappa shape index (κ1) is 18.0. The molecule has 7 nitrogen and oxygen atoms in total. The third-order valence-corrected chi connectivity index (χ3v) is 5.50. The SMILES string of the molecule is Cc1nc2ccc(-c3c[nH]c4nc(N[C@H](C)C5CC5)ncc34)nc2n1CC(F)F. The van der Waals surface area contributed by atoms with E-state index in [0.29, 0.717) is 46.2 Å². The summed E-state index contributed by atoms with van der Waals surface area (Å²) in [4.78, 5) is 21.2. The molecule has 1 saturated carbocycles. The van der Waals surface area contributed by atoms with E-state index in [4.69, 9.17) is 0 Å². The van der Waals surface area contributed by atoms with Crippen LogP contribution in [-0.2, 0) is 6.54 Å². The summed E-state index contributed by atoms with van der Waals surface area (Å²) in [5.41, 5.74) is 3.25. The van der Waals surface area contributed by atoms with Crippen molar-refractivity contribution in [3.8, 4) is 11.3 Å². The Hall–Kier alpha value is -3.10. The van der Waals surface area contributed by atoms with Crippen LogP contribution in [0.2, 0.25) is 0 Å². The monoisotopic (exact) mass is 397 g/mol. The number of nitrogens with one attached hydrogen (secondary N) is 2. The summed E-state index contributed by atoms with van der Waals surface area (Å²) >= 11 is 0. The Morgan fingerprint density at radius 3 is 2.83 bits per heavy atom. The number of pyridine rings is 1. The summed E-state index contributed by atoms with van der Waals surface area (Å²) in [5.74, 6) is 1.82. The molecule has 0 aliphatic heterocycles. The summed E-state index contributed by atoms with van der Waals surface area (Å²) in [7, 11) is 0. The molecular formula is C20H21F2N7. The molecule has 4 aromatic rings. The van der Waals surface area contributed by atoms with Crippen LogP contribution < -0.4 is 5.32 Å². The number of aromatic amines is 1. The first-order valence-electron chi connectivity index (χ1n) is 9.72. The predicted octanol–water partition coefficient (Wildman–Crippen LogP) is 4.15. The molecule has 29 heavy (non-hydrogen) atoms. The third kappa shape index (κ3) is 3.30. The van der Waals surface area contributed by atoms with E-state index in [2.05, 4.69) is 37.2 Å². The lowest BCUT2D eigenvalue weighted by Gasteiger charge is -2.12. The minimum absolute atomic E-state index is 0.351. The number of rotatable bonds is 6. The fourth-order valence-electron chi connectivity index (χ4n) is 3.73. The van der Waals surface area contributed by atoms with Crippen molar-refractivity contribution < 1.29 is 8.78 Å². The average Bonchev–Trinajstić information content (AvgIpc) is 3.40. The minimum Gasteiger partial charge on any atom is -0.351 e. The molecule has 0 saturated heterocycles. The van der Waals surface area contributed by atoms with Gasteiger partial charge in [0.15, 0.2) is 5.65 Å². The molecule has 1 atom stereocenters. The Bertz CT molecular complexity index is 1190. The quantitative estimate of drug-likeness (QED) is 0.511. The van der Waals surface area contributed by atoms with Gasteiger partial charge in [-0.3, -0.25) is 0 Å². The lowest BCUT2D eigenvalue weighted by Crippen LogP contribution is -2.18. The molecule has 1 aliphatic rings. The van der Waals surface area contributed by atoms with Gasteiger partial charge in [0.2, 0.25) is 5.95 Å². The molecule has 0 spiro atoms. The highest BCUT2D eigenvalue weighted by Crippen LogP contribution is 2.34. The van der Waals surface area contributed by atoms with E-state index in [0.717, 1.165) is 10.9 Å². The minimum atomic E-state index is -2.47. The van der Waals surface area contributed by atoms with Crippen LogP contribution in [0.1, 0.15) is 25.6 Å². The van der Waals surface area contributed by atoms with Crippen molar-refractivity contribution in [3.05, 3.63) is 30.4 Å². The van der Waals surface area contributed by atoms with Crippen LogP contribution in [0.4, 0.5) is 14.7 Å². The van der Waals surface area contributed by atoms with Gasteiger partial charge < -0.3 is 14.9 Å². The Morgan fingerprint density at radius 1 is 1.24 bits per heavy atom. The Labute approximate surface area is 165 Å². The molecule has 0 unspecified atom stereocenters. The second kappa shape index (κ2) is 6.75. The first-order valence-corrected chi connectivity index (χ1v) is 9.72. The zero-order valence-corrected chi connectivity index (χ0v) is 16.2. The molecular weight excluding hydrogens is 376 g/mol. The smallest absolute Gasteiger partial charge is 0.256 e. The highest BCUT2D eigenvalue weighted by Gasteiger charge is 2.28. The molecule has 1 aliphatic carbocycles. The van der Waals surface area contributed by atoms with Gasteiger partial charge in [0.1, 0.15) is 17.0 Å². The summed E-state index contributed by atoms with van der Waals surface area (Å²) in [6.07, 6.45) is 3.62. The van der Waals surface area contributed by atoms with Crippen LogP contribution >= 0.6 is 0 Å². The van der Waals surface area contributed by atoms with Crippen molar-refractivity contribution in [2.24, 2.45) is 5.92 Å². The summed E-state index contributed by atoms with van der Waals surface area (Å²) in [5, 5.41) is 4.19. The molecule has 2 N–H and O–H groups in total. The number of aromatic nitrogens is 6. The highest BCUT2D eigenvalue weighted by molar-refractivity contribution is 5.93. The number of anilines is 1. The fraction of sp³-hybridized carbons (Fsp3) is 0.400. The van der Waals surface area contributed by atoms with Gasteiger partial charge >= 0.3 is 0 Å². The Morgan fingerprint density at radius 2 is 2.07 bits per heavy atom. The number of hydrogen-bond acceptors (Lipinski definition) is 5. The number of hydrogen-bond donors (Lipinski definition) is 2. The number of nitrogens with zero attached hydrogens (tertiary/aromatic N) is 5. The molecule has 1 fully saturated rings. The van der Waals surface area contributed by atoms with E-state index < -0.39 is 13.0 Å². The normalized spacial score (nSPS) is 15.5.